The zero-order valence-electron chi connectivity index (χ0n) is 18.5. The van der Waals surface area contributed by atoms with Crippen LogP contribution in [0.15, 0.2) is 54.6 Å². The summed E-state index contributed by atoms with van der Waals surface area (Å²) in [4.78, 5) is 13.3. The van der Waals surface area contributed by atoms with Gasteiger partial charge >= 0.3 is 6.09 Å². The van der Waals surface area contributed by atoms with E-state index in [0.29, 0.717) is 0 Å². The quantitative estimate of drug-likeness (QED) is 0.386. The van der Waals surface area contributed by atoms with E-state index in [1.54, 1.807) is 4.57 Å². The Kier molecular flexibility index (Phi) is 3.80. The summed E-state index contributed by atoms with van der Waals surface area (Å²) in [6.07, 6.45) is -0.334. The number of hydrogen-bond acceptors (Lipinski definition) is 2. The molecular weight excluding hydrogens is 369 g/mol. The Hall–Kier alpha value is -3.01. The fourth-order valence-corrected chi connectivity index (χ4v) is 4.83. The molecule has 150 valence electrons. The smallest absolute Gasteiger partial charge is 0.419 e. The third-order valence-corrected chi connectivity index (χ3v) is 6.20. The highest BCUT2D eigenvalue weighted by Crippen LogP contribution is 2.50. The van der Waals surface area contributed by atoms with Crippen molar-refractivity contribution in [2.24, 2.45) is 0 Å². The Bertz CT molecular complexity index is 1360. The minimum Gasteiger partial charge on any atom is -0.443 e. The van der Waals surface area contributed by atoms with Crippen molar-refractivity contribution in [1.82, 2.24) is 4.57 Å². The van der Waals surface area contributed by atoms with Crippen molar-refractivity contribution in [3.8, 4) is 11.1 Å². The highest BCUT2D eigenvalue weighted by molar-refractivity contribution is 6.34. The molecule has 0 atom stereocenters. The molecule has 4 heteroatoms. The number of fused-ring (bicyclic) bond motifs is 6. The van der Waals surface area contributed by atoms with Crippen molar-refractivity contribution in [2.75, 3.05) is 0 Å². The molecular formula is C26H26BNO2. The van der Waals surface area contributed by atoms with Gasteiger partial charge in [-0.15, -0.1) is 0 Å². The van der Waals surface area contributed by atoms with Gasteiger partial charge in [0.25, 0.3) is 0 Å². The Morgan fingerprint density at radius 2 is 1.60 bits per heavy atom. The summed E-state index contributed by atoms with van der Waals surface area (Å²) in [5.41, 5.74) is 7.41. The summed E-state index contributed by atoms with van der Waals surface area (Å²) in [6, 6.07) is 19.3. The monoisotopic (exact) mass is 395 g/mol. The lowest BCUT2D eigenvalue weighted by Crippen LogP contribution is -2.27. The molecule has 0 spiro atoms. The van der Waals surface area contributed by atoms with Gasteiger partial charge in [0, 0.05) is 16.2 Å². The average molecular weight is 395 g/mol. The first-order valence-electron chi connectivity index (χ1n) is 10.5. The van der Waals surface area contributed by atoms with Gasteiger partial charge < -0.3 is 4.74 Å². The maximum absolute atomic E-state index is 13.3. The summed E-state index contributed by atoms with van der Waals surface area (Å²) in [7, 11) is 2.09. The maximum Gasteiger partial charge on any atom is 0.419 e. The number of ether oxygens (including phenoxy) is 1. The van der Waals surface area contributed by atoms with Gasteiger partial charge in [0.2, 0.25) is 0 Å². The van der Waals surface area contributed by atoms with Crippen LogP contribution in [0.5, 0.6) is 0 Å². The summed E-state index contributed by atoms with van der Waals surface area (Å²) in [5, 5.41) is 2.17. The van der Waals surface area contributed by atoms with Gasteiger partial charge in [0.15, 0.2) is 0 Å². The molecule has 3 aromatic carbocycles. The minimum atomic E-state index is -0.559. The molecule has 3 nitrogen and oxygen atoms in total. The SMILES string of the molecule is Bc1ccc2c(c1)c1cc3c(cc1n2C(=O)OC(C)(C)C)C(C)(C)c1ccccc1-3. The minimum absolute atomic E-state index is 0.120. The Balaban J connectivity index is 1.88. The first-order valence-corrected chi connectivity index (χ1v) is 10.5. The zero-order chi connectivity index (χ0) is 21.4. The summed E-state index contributed by atoms with van der Waals surface area (Å²) >= 11 is 0. The first-order chi connectivity index (χ1) is 14.1. The molecule has 0 fully saturated rings. The van der Waals surface area contributed by atoms with Crippen molar-refractivity contribution >= 4 is 41.2 Å². The fraction of sp³-hybridized carbons (Fsp3) is 0.269. The van der Waals surface area contributed by atoms with E-state index in [1.165, 1.54) is 27.7 Å². The van der Waals surface area contributed by atoms with Gasteiger partial charge in [-0.05, 0) is 61.2 Å². The molecule has 1 aliphatic rings. The molecule has 1 aliphatic carbocycles. The number of benzene rings is 3. The Morgan fingerprint density at radius 3 is 2.33 bits per heavy atom. The van der Waals surface area contributed by atoms with Crippen molar-refractivity contribution in [1.29, 1.82) is 0 Å². The lowest BCUT2D eigenvalue weighted by atomic mass is 9.82. The topological polar surface area (TPSA) is 31.2 Å². The second-order valence-electron chi connectivity index (χ2n) is 9.92. The van der Waals surface area contributed by atoms with Crippen molar-refractivity contribution in [2.45, 2.75) is 45.6 Å². The zero-order valence-corrected chi connectivity index (χ0v) is 18.5. The second-order valence-corrected chi connectivity index (χ2v) is 9.92. The molecule has 4 aromatic rings. The molecule has 0 bridgehead atoms. The molecule has 30 heavy (non-hydrogen) atoms. The molecule has 1 heterocycles. The molecule has 1 aromatic heterocycles. The molecule has 5 rings (SSSR count). The highest BCUT2D eigenvalue weighted by atomic mass is 16.6. The maximum atomic E-state index is 13.3. The third-order valence-electron chi connectivity index (χ3n) is 6.20. The van der Waals surface area contributed by atoms with Crippen molar-refractivity contribution in [3.63, 3.8) is 0 Å². The molecule has 0 saturated heterocycles. The molecule has 0 aliphatic heterocycles. The number of nitrogens with zero attached hydrogens (tertiary/aromatic N) is 1. The van der Waals surface area contributed by atoms with Crippen LogP contribution in [0.25, 0.3) is 32.9 Å². The van der Waals surface area contributed by atoms with E-state index in [1.807, 2.05) is 26.8 Å². The van der Waals surface area contributed by atoms with Crippen LogP contribution in [-0.2, 0) is 10.2 Å². The summed E-state index contributed by atoms with van der Waals surface area (Å²) in [5.74, 6) is 0. The number of rotatable bonds is 0. The molecule has 0 radical (unpaired) electrons. The van der Waals surface area contributed by atoms with E-state index in [-0.39, 0.29) is 11.5 Å². The lowest BCUT2D eigenvalue weighted by Gasteiger charge is -2.22. The Labute approximate surface area is 178 Å². The lowest BCUT2D eigenvalue weighted by molar-refractivity contribution is 0.0551. The molecule has 0 amide bonds. The van der Waals surface area contributed by atoms with Crippen LogP contribution in [0, 0.1) is 0 Å². The predicted molar refractivity (Wildman–Crippen MR) is 127 cm³/mol. The van der Waals surface area contributed by atoms with Crippen LogP contribution >= 0.6 is 0 Å². The number of carbonyl (C=O) groups is 1. The number of carbonyl (C=O) groups excluding carboxylic acids is 1. The van der Waals surface area contributed by atoms with E-state index in [2.05, 4.69) is 70.2 Å². The normalized spacial score (nSPS) is 14.7. The standard InChI is InChI=1S/C26H26BNO2/c1-25(2,3)30-24(29)28-22-11-10-15(27)12-18(22)19-13-17-16-8-6-7-9-20(16)26(4,5)21(17)14-23(19)28/h6-14H,27H2,1-5H3. The summed E-state index contributed by atoms with van der Waals surface area (Å²) < 4.78 is 7.53. The van der Waals surface area contributed by atoms with Crippen LogP contribution in [0.2, 0.25) is 0 Å². The van der Waals surface area contributed by atoms with Crippen LogP contribution in [-0.4, -0.2) is 24.1 Å². The summed E-state index contributed by atoms with van der Waals surface area (Å²) in [6.45, 7) is 10.2. The van der Waals surface area contributed by atoms with E-state index in [9.17, 15) is 4.79 Å². The second kappa shape index (κ2) is 6.01. The van der Waals surface area contributed by atoms with Gasteiger partial charge in [-0.1, -0.05) is 55.7 Å². The third kappa shape index (κ3) is 2.63. The van der Waals surface area contributed by atoms with Crippen LogP contribution in [0.4, 0.5) is 4.79 Å². The Morgan fingerprint density at radius 1 is 0.900 bits per heavy atom. The van der Waals surface area contributed by atoms with E-state index >= 15 is 0 Å². The van der Waals surface area contributed by atoms with E-state index in [4.69, 9.17) is 4.74 Å². The van der Waals surface area contributed by atoms with Gasteiger partial charge in [-0.25, -0.2) is 9.36 Å². The van der Waals surface area contributed by atoms with Crippen LogP contribution < -0.4 is 5.46 Å². The van der Waals surface area contributed by atoms with E-state index < -0.39 is 5.60 Å². The highest BCUT2D eigenvalue weighted by Gasteiger charge is 2.36. The van der Waals surface area contributed by atoms with E-state index in [0.717, 1.165) is 21.8 Å². The molecule has 0 saturated carbocycles. The van der Waals surface area contributed by atoms with Crippen molar-refractivity contribution in [3.05, 3.63) is 65.7 Å². The van der Waals surface area contributed by atoms with Gasteiger partial charge in [-0.2, -0.15) is 0 Å². The average Bonchev–Trinajstić information content (AvgIpc) is 3.09. The molecule has 0 N–H and O–H groups in total. The van der Waals surface area contributed by atoms with Crippen LogP contribution in [0.1, 0.15) is 45.7 Å². The molecule has 0 unspecified atom stereocenters. The van der Waals surface area contributed by atoms with Crippen LogP contribution in [0.3, 0.4) is 0 Å². The predicted octanol–water partition coefficient (Wildman–Crippen LogP) is 5.14. The van der Waals surface area contributed by atoms with Crippen molar-refractivity contribution < 1.29 is 9.53 Å². The van der Waals surface area contributed by atoms with Gasteiger partial charge in [0.1, 0.15) is 13.4 Å². The fourth-order valence-electron chi connectivity index (χ4n) is 4.83. The number of aromatic nitrogens is 1. The van der Waals surface area contributed by atoms with Gasteiger partial charge in [-0.3, -0.25) is 0 Å². The largest absolute Gasteiger partial charge is 0.443 e. The number of hydrogen-bond donors (Lipinski definition) is 0. The first kappa shape index (κ1) is 19.0. The van der Waals surface area contributed by atoms with Gasteiger partial charge in [0.05, 0.1) is 11.0 Å².